The Labute approximate surface area is 96.6 Å². The van der Waals surface area contributed by atoms with Gasteiger partial charge in [0, 0.05) is 12.3 Å². The van der Waals surface area contributed by atoms with Crippen molar-refractivity contribution in [2.24, 2.45) is 0 Å². The average Bonchev–Trinajstić information content (AvgIpc) is 2.31. The molecule has 2 rings (SSSR count). The van der Waals surface area contributed by atoms with Gasteiger partial charge in [-0.3, -0.25) is 9.36 Å². The highest BCUT2D eigenvalue weighted by Crippen LogP contribution is 2.09. The van der Waals surface area contributed by atoms with Crippen LogP contribution in [0.3, 0.4) is 0 Å². The standard InChI is InChI=1S/C12H8FN3O/c13-11-4-9(6-14)3-10(5-11)7-16-8-15-2-1-12(16)17/h1-5,8H,7H2. The van der Waals surface area contributed by atoms with E-state index in [1.54, 1.807) is 6.07 Å². The zero-order valence-corrected chi connectivity index (χ0v) is 8.80. The highest BCUT2D eigenvalue weighted by Gasteiger charge is 2.02. The van der Waals surface area contributed by atoms with Crippen LogP contribution in [0.25, 0.3) is 0 Å². The summed E-state index contributed by atoms with van der Waals surface area (Å²) >= 11 is 0. The normalized spacial score (nSPS) is 9.88. The smallest absolute Gasteiger partial charge is 0.253 e. The van der Waals surface area contributed by atoms with E-state index in [0.29, 0.717) is 5.56 Å². The highest BCUT2D eigenvalue weighted by atomic mass is 19.1. The maximum atomic E-state index is 13.2. The zero-order valence-electron chi connectivity index (χ0n) is 8.80. The van der Waals surface area contributed by atoms with E-state index in [4.69, 9.17) is 5.26 Å². The van der Waals surface area contributed by atoms with E-state index in [1.807, 2.05) is 6.07 Å². The third-order valence-electron chi connectivity index (χ3n) is 2.23. The summed E-state index contributed by atoms with van der Waals surface area (Å²) < 4.78 is 14.5. The molecule has 1 heterocycles. The van der Waals surface area contributed by atoms with E-state index in [2.05, 4.69) is 4.98 Å². The molecule has 0 radical (unpaired) electrons. The summed E-state index contributed by atoms with van der Waals surface area (Å²) in [4.78, 5) is 15.2. The maximum absolute atomic E-state index is 13.2. The van der Waals surface area contributed by atoms with Gasteiger partial charge in [-0.2, -0.15) is 5.26 Å². The SMILES string of the molecule is N#Cc1cc(F)cc(Cn2cnccc2=O)c1. The monoisotopic (exact) mass is 229 g/mol. The molecule has 0 aliphatic heterocycles. The van der Waals surface area contributed by atoms with Crippen LogP contribution in [0, 0.1) is 17.1 Å². The second-order valence-electron chi connectivity index (χ2n) is 3.51. The van der Waals surface area contributed by atoms with Gasteiger partial charge in [-0.15, -0.1) is 0 Å². The topological polar surface area (TPSA) is 58.7 Å². The molecular weight excluding hydrogens is 221 g/mol. The minimum absolute atomic E-state index is 0.194. The molecule has 0 atom stereocenters. The Morgan fingerprint density at radius 2 is 2.24 bits per heavy atom. The van der Waals surface area contributed by atoms with Crippen LogP contribution in [0.15, 0.2) is 41.6 Å². The summed E-state index contributed by atoms with van der Waals surface area (Å²) in [5, 5.41) is 8.71. The van der Waals surface area contributed by atoms with Crippen LogP contribution in [0.1, 0.15) is 11.1 Å². The van der Waals surface area contributed by atoms with E-state index >= 15 is 0 Å². The quantitative estimate of drug-likeness (QED) is 0.779. The molecule has 0 unspecified atom stereocenters. The van der Waals surface area contributed by atoms with Crippen molar-refractivity contribution in [3.05, 3.63) is 64.1 Å². The molecule has 2 aromatic rings. The van der Waals surface area contributed by atoms with Gasteiger partial charge in [-0.25, -0.2) is 9.37 Å². The Kier molecular flexibility index (Phi) is 2.97. The van der Waals surface area contributed by atoms with E-state index in [9.17, 15) is 9.18 Å². The van der Waals surface area contributed by atoms with Crippen molar-refractivity contribution in [1.29, 1.82) is 5.26 Å². The zero-order chi connectivity index (χ0) is 12.3. The van der Waals surface area contributed by atoms with Crippen molar-refractivity contribution in [3.8, 4) is 6.07 Å². The second-order valence-corrected chi connectivity index (χ2v) is 3.51. The molecule has 0 aliphatic rings. The number of halogens is 1. The number of nitriles is 1. The van der Waals surface area contributed by atoms with Crippen molar-refractivity contribution in [2.45, 2.75) is 6.54 Å². The molecule has 4 nitrogen and oxygen atoms in total. The van der Waals surface area contributed by atoms with Gasteiger partial charge >= 0.3 is 0 Å². The number of aromatic nitrogens is 2. The highest BCUT2D eigenvalue weighted by molar-refractivity contribution is 5.33. The fraction of sp³-hybridized carbons (Fsp3) is 0.0833. The molecule has 0 fully saturated rings. The van der Waals surface area contributed by atoms with Gasteiger partial charge in [-0.1, -0.05) is 0 Å². The summed E-state index contributed by atoms with van der Waals surface area (Å²) in [6, 6.07) is 7.17. The second kappa shape index (κ2) is 4.58. The van der Waals surface area contributed by atoms with Crippen LogP contribution >= 0.6 is 0 Å². The van der Waals surface area contributed by atoms with Gasteiger partial charge in [0.2, 0.25) is 0 Å². The molecular formula is C12H8FN3O. The summed E-state index contributed by atoms with van der Waals surface area (Å²) in [7, 11) is 0. The third kappa shape index (κ3) is 2.55. The van der Waals surface area contributed by atoms with Crippen LogP contribution < -0.4 is 5.56 Å². The fourth-order valence-electron chi connectivity index (χ4n) is 1.50. The largest absolute Gasteiger partial charge is 0.295 e. The Hall–Kier alpha value is -2.48. The lowest BCUT2D eigenvalue weighted by atomic mass is 10.1. The van der Waals surface area contributed by atoms with Crippen molar-refractivity contribution < 1.29 is 4.39 Å². The third-order valence-corrected chi connectivity index (χ3v) is 2.23. The number of hydrogen-bond donors (Lipinski definition) is 0. The Morgan fingerprint density at radius 3 is 2.94 bits per heavy atom. The molecule has 0 amide bonds. The summed E-state index contributed by atoms with van der Waals surface area (Å²) in [6.07, 6.45) is 2.77. The molecule has 84 valence electrons. The molecule has 0 saturated heterocycles. The Bertz CT molecular complexity index is 643. The number of nitrogens with zero attached hydrogens (tertiary/aromatic N) is 3. The van der Waals surface area contributed by atoms with Crippen molar-refractivity contribution in [2.75, 3.05) is 0 Å². The first-order chi connectivity index (χ1) is 8.19. The van der Waals surface area contributed by atoms with Crippen molar-refractivity contribution in [3.63, 3.8) is 0 Å². The van der Waals surface area contributed by atoms with Gasteiger partial charge in [0.1, 0.15) is 5.82 Å². The molecule has 5 heteroatoms. The van der Waals surface area contributed by atoms with Crippen LogP contribution in [0.4, 0.5) is 4.39 Å². The van der Waals surface area contributed by atoms with Crippen LogP contribution in [-0.4, -0.2) is 9.55 Å². The molecule has 0 spiro atoms. The number of rotatable bonds is 2. The Balaban J connectivity index is 2.37. The predicted molar refractivity (Wildman–Crippen MR) is 58.7 cm³/mol. The molecule has 1 aromatic carbocycles. The summed E-state index contributed by atoms with van der Waals surface area (Å²) in [5.74, 6) is -0.490. The number of benzene rings is 1. The molecule has 0 N–H and O–H groups in total. The average molecular weight is 229 g/mol. The van der Waals surface area contributed by atoms with E-state index in [0.717, 1.165) is 6.07 Å². The molecule has 0 bridgehead atoms. The summed E-state index contributed by atoms with van der Waals surface area (Å²) in [5.41, 5.74) is 0.566. The lowest BCUT2D eigenvalue weighted by Gasteiger charge is -2.05. The number of hydrogen-bond acceptors (Lipinski definition) is 3. The van der Waals surface area contributed by atoms with Gasteiger partial charge in [0.25, 0.3) is 5.56 Å². The minimum atomic E-state index is -0.490. The van der Waals surface area contributed by atoms with E-state index < -0.39 is 5.82 Å². The predicted octanol–water partition coefficient (Wildman–Crippen LogP) is 1.30. The molecule has 1 aromatic heterocycles. The van der Waals surface area contributed by atoms with Gasteiger partial charge in [-0.05, 0) is 23.8 Å². The van der Waals surface area contributed by atoms with Gasteiger partial charge < -0.3 is 0 Å². The van der Waals surface area contributed by atoms with E-state index in [1.165, 1.54) is 29.2 Å². The van der Waals surface area contributed by atoms with Crippen LogP contribution in [-0.2, 0) is 6.54 Å². The van der Waals surface area contributed by atoms with Crippen molar-refractivity contribution >= 4 is 0 Å². The lowest BCUT2D eigenvalue weighted by molar-refractivity contribution is 0.621. The van der Waals surface area contributed by atoms with Gasteiger partial charge in [0.05, 0.1) is 24.5 Å². The minimum Gasteiger partial charge on any atom is -0.295 e. The summed E-state index contributed by atoms with van der Waals surface area (Å²) in [6.45, 7) is 0.194. The first-order valence-electron chi connectivity index (χ1n) is 4.89. The first-order valence-corrected chi connectivity index (χ1v) is 4.89. The van der Waals surface area contributed by atoms with E-state index in [-0.39, 0.29) is 17.7 Å². The first kappa shape index (κ1) is 11.0. The fourth-order valence-corrected chi connectivity index (χ4v) is 1.50. The molecule has 0 aliphatic carbocycles. The maximum Gasteiger partial charge on any atom is 0.253 e. The lowest BCUT2D eigenvalue weighted by Crippen LogP contribution is -2.19. The van der Waals surface area contributed by atoms with Gasteiger partial charge in [0.15, 0.2) is 0 Å². The molecule has 17 heavy (non-hydrogen) atoms. The van der Waals surface area contributed by atoms with Crippen molar-refractivity contribution in [1.82, 2.24) is 9.55 Å². The van der Waals surface area contributed by atoms with Crippen LogP contribution in [0.5, 0.6) is 0 Å². The Morgan fingerprint density at radius 1 is 1.41 bits per heavy atom. The molecule has 0 saturated carbocycles. The van der Waals surface area contributed by atoms with Crippen LogP contribution in [0.2, 0.25) is 0 Å².